The minimum atomic E-state index is -3.49. The van der Waals surface area contributed by atoms with Crippen LogP contribution in [0.25, 0.3) is 11.5 Å². The number of hydrogen-bond acceptors (Lipinski definition) is 8. The molecule has 9 nitrogen and oxygen atoms in total. The molecule has 184 valence electrons. The van der Waals surface area contributed by atoms with Gasteiger partial charge in [0.05, 0.1) is 12.2 Å². The van der Waals surface area contributed by atoms with Crippen LogP contribution in [0, 0.1) is 11.8 Å². The highest BCUT2D eigenvalue weighted by atomic mass is 35.5. The molecule has 0 spiro atoms. The number of hydrogen-bond donors (Lipinski definition) is 2. The minimum absolute atomic E-state index is 0. The second-order valence-electron chi connectivity index (χ2n) is 8.85. The number of benzene rings is 1. The van der Waals surface area contributed by atoms with Crippen LogP contribution < -0.4 is 15.4 Å². The van der Waals surface area contributed by atoms with E-state index in [0.717, 1.165) is 22.7 Å². The first kappa shape index (κ1) is 25.9. The van der Waals surface area contributed by atoms with Crippen molar-refractivity contribution < 1.29 is 12.8 Å². The molecule has 3 N–H and O–H groups in total. The van der Waals surface area contributed by atoms with Gasteiger partial charge in [0.25, 0.3) is 0 Å². The molecule has 1 aliphatic rings. The summed E-state index contributed by atoms with van der Waals surface area (Å²) in [5.74, 6) is 2.61. The van der Waals surface area contributed by atoms with E-state index in [1.165, 1.54) is 13.5 Å². The van der Waals surface area contributed by atoms with Crippen molar-refractivity contribution in [2.75, 3.05) is 29.5 Å². The summed E-state index contributed by atoms with van der Waals surface area (Å²) in [5.41, 5.74) is 7.98. The lowest BCUT2D eigenvalue weighted by Crippen LogP contribution is -2.26. The van der Waals surface area contributed by atoms with Gasteiger partial charge in [0.15, 0.2) is 0 Å². The van der Waals surface area contributed by atoms with Gasteiger partial charge in [-0.1, -0.05) is 44.2 Å². The van der Waals surface area contributed by atoms with Crippen LogP contribution in [0.3, 0.4) is 0 Å². The molecule has 4 rings (SSSR count). The molecule has 2 heterocycles. The van der Waals surface area contributed by atoms with Gasteiger partial charge in [-0.05, 0) is 36.0 Å². The number of anilines is 2. The van der Waals surface area contributed by atoms with Crippen molar-refractivity contribution in [2.45, 2.75) is 32.2 Å². The summed E-state index contributed by atoms with van der Waals surface area (Å²) in [6.07, 6.45) is 2.31. The Hall–Kier alpha value is -2.69. The Balaban J connectivity index is 0.00000324. The molecule has 1 aliphatic carbocycles. The lowest BCUT2D eigenvalue weighted by atomic mass is 9.95. The molecule has 34 heavy (non-hydrogen) atoms. The molecule has 0 amide bonds. The van der Waals surface area contributed by atoms with Crippen molar-refractivity contribution in [3.8, 4) is 11.5 Å². The van der Waals surface area contributed by atoms with E-state index in [1.54, 1.807) is 12.1 Å². The Morgan fingerprint density at radius 2 is 1.91 bits per heavy atom. The highest BCUT2D eigenvalue weighted by molar-refractivity contribution is 7.92. The van der Waals surface area contributed by atoms with Crippen molar-refractivity contribution in [2.24, 2.45) is 17.6 Å². The van der Waals surface area contributed by atoms with Crippen LogP contribution in [0.5, 0.6) is 0 Å². The van der Waals surface area contributed by atoms with Gasteiger partial charge in [-0.15, -0.1) is 22.6 Å². The Labute approximate surface area is 206 Å². The average molecular weight is 507 g/mol. The molecule has 3 unspecified atom stereocenters. The zero-order valence-electron chi connectivity index (χ0n) is 19.7. The fourth-order valence-corrected chi connectivity index (χ4v) is 4.07. The zero-order chi connectivity index (χ0) is 23.8. The van der Waals surface area contributed by atoms with Gasteiger partial charge >= 0.3 is 0 Å². The predicted molar refractivity (Wildman–Crippen MR) is 136 cm³/mol. The van der Waals surface area contributed by atoms with Crippen molar-refractivity contribution in [3.05, 3.63) is 53.9 Å². The molecule has 0 saturated heterocycles. The molecule has 2 aromatic heterocycles. The maximum Gasteiger partial charge on any atom is 0.248 e. The van der Waals surface area contributed by atoms with Crippen LogP contribution in [0.4, 0.5) is 11.6 Å². The van der Waals surface area contributed by atoms with Crippen molar-refractivity contribution >= 4 is 34.1 Å². The molecule has 4 atom stereocenters. The highest BCUT2D eigenvalue weighted by Crippen LogP contribution is 2.38. The third kappa shape index (κ3) is 5.86. The van der Waals surface area contributed by atoms with Crippen LogP contribution >= 0.6 is 12.4 Å². The normalized spacial score (nSPS) is 19.1. The summed E-state index contributed by atoms with van der Waals surface area (Å²) in [5, 5.41) is 11.7. The first-order valence-corrected chi connectivity index (χ1v) is 12.8. The van der Waals surface area contributed by atoms with Gasteiger partial charge < -0.3 is 15.5 Å². The molecule has 1 aromatic carbocycles. The fraction of sp³-hybridized carbons (Fsp3) is 0.435. The van der Waals surface area contributed by atoms with Gasteiger partial charge in [0.1, 0.15) is 11.6 Å². The molecule has 0 radical (unpaired) electrons. The zero-order valence-corrected chi connectivity index (χ0v) is 21.3. The monoisotopic (exact) mass is 506 g/mol. The predicted octanol–water partition coefficient (Wildman–Crippen LogP) is 3.82. The van der Waals surface area contributed by atoms with Gasteiger partial charge in [-0.25, -0.2) is 13.4 Å². The van der Waals surface area contributed by atoms with Gasteiger partial charge in [0.2, 0.25) is 21.8 Å². The van der Waals surface area contributed by atoms with E-state index in [1.807, 2.05) is 37.3 Å². The molecule has 3 aromatic rings. The standard InChI is InChI=1S/C23H30N6O3S.ClH/c1-14-10-18(14)13-25-19-11-17(12-20(26-19)29(3)33(4,30)31)23-28-27-22(32-23)15(2)21(24)16-8-6-5-7-9-16;/h5-9,11-12,14-15,18,21H,10,13,24H2,1-4H3,(H,25,26);1H/t14?,15-,18?,21?;/m1./s1. The van der Waals surface area contributed by atoms with Crippen LogP contribution in [0.2, 0.25) is 0 Å². The minimum Gasteiger partial charge on any atom is -0.420 e. The van der Waals surface area contributed by atoms with Crippen molar-refractivity contribution in [1.82, 2.24) is 15.2 Å². The number of pyridine rings is 1. The Bertz CT molecular complexity index is 1220. The van der Waals surface area contributed by atoms with E-state index in [0.29, 0.717) is 29.1 Å². The maximum absolute atomic E-state index is 12.1. The van der Waals surface area contributed by atoms with E-state index in [9.17, 15) is 8.42 Å². The number of nitrogens with two attached hydrogens (primary N) is 1. The van der Waals surface area contributed by atoms with Crippen molar-refractivity contribution in [3.63, 3.8) is 0 Å². The summed E-state index contributed by atoms with van der Waals surface area (Å²) < 4.78 is 31.3. The molecular formula is C23H31ClN6O3S. The third-order valence-electron chi connectivity index (χ3n) is 6.25. The number of halogens is 1. The van der Waals surface area contributed by atoms with E-state index in [4.69, 9.17) is 10.2 Å². The largest absolute Gasteiger partial charge is 0.420 e. The SMILES string of the molecule is CC1CC1CNc1cc(-c2nnc([C@H](C)C(N)c3ccccc3)o2)cc(N(C)S(C)(=O)=O)n1.Cl. The summed E-state index contributed by atoms with van der Waals surface area (Å²) in [6.45, 7) is 4.92. The lowest BCUT2D eigenvalue weighted by Gasteiger charge is -2.18. The van der Waals surface area contributed by atoms with Gasteiger partial charge in [-0.2, -0.15) is 0 Å². The van der Waals surface area contributed by atoms with E-state index >= 15 is 0 Å². The number of sulfonamides is 1. The quantitative estimate of drug-likeness (QED) is 0.448. The second kappa shape index (κ2) is 10.3. The van der Waals surface area contributed by atoms with Crippen LogP contribution in [0.15, 0.2) is 46.9 Å². The van der Waals surface area contributed by atoms with Gasteiger partial charge in [0, 0.05) is 25.2 Å². The number of aromatic nitrogens is 3. The first-order chi connectivity index (χ1) is 15.6. The smallest absolute Gasteiger partial charge is 0.248 e. The number of rotatable bonds is 9. The van der Waals surface area contributed by atoms with E-state index in [-0.39, 0.29) is 36.1 Å². The summed E-state index contributed by atoms with van der Waals surface area (Å²) in [6, 6.07) is 12.9. The Morgan fingerprint density at radius 3 is 2.53 bits per heavy atom. The number of nitrogens with one attached hydrogen (secondary N) is 1. The van der Waals surface area contributed by atoms with Crippen LogP contribution in [-0.2, 0) is 10.0 Å². The molecule has 0 aliphatic heterocycles. The number of nitrogens with zero attached hydrogens (tertiary/aromatic N) is 4. The highest BCUT2D eigenvalue weighted by Gasteiger charge is 2.32. The second-order valence-corrected chi connectivity index (χ2v) is 10.9. The molecular weight excluding hydrogens is 476 g/mol. The molecule has 1 fully saturated rings. The summed E-state index contributed by atoms with van der Waals surface area (Å²) in [4.78, 5) is 4.49. The van der Waals surface area contributed by atoms with Crippen molar-refractivity contribution in [1.29, 1.82) is 0 Å². The van der Waals surface area contributed by atoms with Crippen LogP contribution in [-0.4, -0.2) is 43.4 Å². The summed E-state index contributed by atoms with van der Waals surface area (Å²) in [7, 11) is -2.02. The Morgan fingerprint density at radius 1 is 1.24 bits per heavy atom. The first-order valence-electron chi connectivity index (χ1n) is 11.0. The third-order valence-corrected chi connectivity index (χ3v) is 7.44. The van der Waals surface area contributed by atoms with Gasteiger partial charge in [-0.3, -0.25) is 4.31 Å². The molecule has 0 bridgehead atoms. The summed E-state index contributed by atoms with van der Waals surface area (Å²) >= 11 is 0. The fourth-order valence-electron chi connectivity index (χ4n) is 3.63. The maximum atomic E-state index is 12.1. The van der Waals surface area contributed by atoms with E-state index in [2.05, 4.69) is 27.4 Å². The lowest BCUT2D eigenvalue weighted by molar-refractivity contribution is 0.431. The molecule has 11 heteroatoms. The topological polar surface area (TPSA) is 127 Å². The van der Waals surface area contributed by atoms with Crippen LogP contribution in [0.1, 0.15) is 43.7 Å². The van der Waals surface area contributed by atoms with E-state index < -0.39 is 10.0 Å². The molecule has 1 saturated carbocycles. The average Bonchev–Trinajstić information content (AvgIpc) is 3.29. The Kier molecular flexibility index (Phi) is 7.84.